The van der Waals surface area contributed by atoms with Gasteiger partial charge in [0, 0.05) is 18.3 Å². The van der Waals surface area contributed by atoms with Gasteiger partial charge in [-0.1, -0.05) is 36.4 Å². The second-order valence-corrected chi connectivity index (χ2v) is 9.89. The lowest BCUT2D eigenvalue weighted by molar-refractivity contribution is 0.0707. The number of hydrogen-bond donors (Lipinski definition) is 3. The molecule has 0 bridgehead atoms. The molecule has 0 spiro atoms. The maximum atomic E-state index is 13.3. The summed E-state index contributed by atoms with van der Waals surface area (Å²) in [4.78, 5) is 16.8. The Hall–Kier alpha value is -4.21. The number of sulfone groups is 1. The number of benzene rings is 3. The molecule has 3 aromatic carbocycles. The highest BCUT2D eigenvalue weighted by molar-refractivity contribution is 7.91. The summed E-state index contributed by atoms with van der Waals surface area (Å²) in [6.07, 6.45) is 1.42. The van der Waals surface area contributed by atoms with Crippen LogP contribution in [0.15, 0.2) is 95.0 Å². The van der Waals surface area contributed by atoms with Gasteiger partial charge in [-0.25, -0.2) is 18.9 Å². The van der Waals surface area contributed by atoms with Crippen LogP contribution in [0.5, 0.6) is 5.75 Å². The Bertz CT molecular complexity index is 1490. The molecule has 1 amide bonds. The van der Waals surface area contributed by atoms with E-state index in [1.165, 1.54) is 25.4 Å². The Balaban J connectivity index is 1.69. The molecule has 0 aliphatic rings. The van der Waals surface area contributed by atoms with Gasteiger partial charge in [0.25, 0.3) is 5.91 Å². The standard InChI is InChI=1S/C27H25N3O5S/c1-18-15-21(19-7-4-3-5-8-19)16-24(26(31)30-32)25(18)29-17-20-9-6-14-28-27(20)36(33,34)23-12-10-22(35-2)11-13-23/h3-16,29,32H,17H2,1-2H3,(H,30,31). The van der Waals surface area contributed by atoms with Crippen LogP contribution < -0.4 is 15.5 Å². The zero-order valence-corrected chi connectivity index (χ0v) is 20.5. The summed E-state index contributed by atoms with van der Waals surface area (Å²) in [5.74, 6) is -0.142. The Kier molecular flexibility index (Phi) is 7.33. The van der Waals surface area contributed by atoms with Crippen molar-refractivity contribution in [1.29, 1.82) is 0 Å². The number of methoxy groups -OCH3 is 1. The SMILES string of the molecule is COc1ccc(S(=O)(=O)c2ncccc2CNc2c(C)cc(-c3ccccc3)cc2C(=O)NO)cc1. The molecule has 0 unspecified atom stereocenters. The van der Waals surface area contributed by atoms with E-state index < -0.39 is 15.7 Å². The first kappa shape index (κ1) is 24.9. The van der Waals surface area contributed by atoms with E-state index in [1.54, 1.807) is 35.8 Å². The summed E-state index contributed by atoms with van der Waals surface area (Å²) in [7, 11) is -2.40. The molecule has 184 valence electrons. The summed E-state index contributed by atoms with van der Waals surface area (Å²) in [5, 5.41) is 12.4. The lowest BCUT2D eigenvalue weighted by Gasteiger charge is -2.17. The number of anilines is 1. The lowest BCUT2D eigenvalue weighted by Crippen LogP contribution is -2.21. The molecule has 8 nitrogen and oxygen atoms in total. The molecule has 0 atom stereocenters. The van der Waals surface area contributed by atoms with E-state index in [2.05, 4.69) is 10.3 Å². The molecule has 9 heteroatoms. The molecular formula is C27H25N3O5S. The van der Waals surface area contributed by atoms with Crippen molar-refractivity contribution < 1.29 is 23.2 Å². The van der Waals surface area contributed by atoms with Crippen LogP contribution in [0.2, 0.25) is 0 Å². The number of carbonyl (C=O) groups is 1. The van der Waals surface area contributed by atoms with Crippen LogP contribution in [-0.2, 0) is 16.4 Å². The molecule has 0 aliphatic heterocycles. The highest BCUT2D eigenvalue weighted by Crippen LogP contribution is 2.30. The van der Waals surface area contributed by atoms with Crippen molar-refractivity contribution >= 4 is 21.4 Å². The minimum absolute atomic E-state index is 0.0792. The third kappa shape index (κ3) is 5.07. The van der Waals surface area contributed by atoms with Crippen LogP contribution in [0.1, 0.15) is 21.5 Å². The van der Waals surface area contributed by atoms with Crippen LogP contribution in [0, 0.1) is 6.92 Å². The number of rotatable bonds is 8. The van der Waals surface area contributed by atoms with Crippen molar-refractivity contribution in [3.63, 3.8) is 0 Å². The molecule has 0 saturated carbocycles. The highest BCUT2D eigenvalue weighted by atomic mass is 32.2. The first-order valence-electron chi connectivity index (χ1n) is 11.1. The molecule has 0 aliphatic carbocycles. The van der Waals surface area contributed by atoms with Crippen LogP contribution in [0.4, 0.5) is 5.69 Å². The Morgan fingerprint density at radius 2 is 1.69 bits per heavy atom. The molecule has 1 aromatic heterocycles. The fourth-order valence-electron chi connectivity index (χ4n) is 3.91. The zero-order chi connectivity index (χ0) is 25.7. The van der Waals surface area contributed by atoms with Crippen molar-refractivity contribution in [2.45, 2.75) is 23.4 Å². The maximum absolute atomic E-state index is 13.3. The quantitative estimate of drug-likeness (QED) is 0.237. The second-order valence-electron chi connectivity index (χ2n) is 8.02. The van der Waals surface area contributed by atoms with Gasteiger partial charge in [0.1, 0.15) is 5.75 Å². The minimum atomic E-state index is -3.91. The average Bonchev–Trinajstić information content (AvgIpc) is 2.92. The van der Waals surface area contributed by atoms with E-state index in [0.29, 0.717) is 17.0 Å². The molecule has 36 heavy (non-hydrogen) atoms. The molecule has 4 rings (SSSR count). The van der Waals surface area contributed by atoms with Crippen LogP contribution in [-0.4, -0.2) is 31.6 Å². The number of pyridine rings is 1. The minimum Gasteiger partial charge on any atom is -0.497 e. The Labute approximate surface area is 209 Å². The van der Waals surface area contributed by atoms with E-state index >= 15 is 0 Å². The third-order valence-corrected chi connectivity index (χ3v) is 7.49. The molecule has 4 aromatic rings. The van der Waals surface area contributed by atoms with Gasteiger partial charge in [0.2, 0.25) is 9.84 Å². The molecule has 0 saturated heterocycles. The summed E-state index contributed by atoms with van der Waals surface area (Å²) >= 11 is 0. The number of aryl methyl sites for hydroxylation is 1. The van der Waals surface area contributed by atoms with Gasteiger partial charge in [0.15, 0.2) is 5.03 Å². The number of carbonyl (C=O) groups excluding carboxylic acids is 1. The highest BCUT2D eigenvalue weighted by Gasteiger charge is 2.23. The van der Waals surface area contributed by atoms with E-state index in [-0.39, 0.29) is 22.0 Å². The summed E-state index contributed by atoms with van der Waals surface area (Å²) in [6.45, 7) is 1.91. The summed E-state index contributed by atoms with van der Waals surface area (Å²) in [6, 6.07) is 22.5. The number of nitrogens with zero attached hydrogens (tertiary/aromatic N) is 1. The van der Waals surface area contributed by atoms with E-state index in [1.807, 2.05) is 43.3 Å². The predicted octanol–water partition coefficient (Wildman–Crippen LogP) is 4.63. The fourth-order valence-corrected chi connectivity index (χ4v) is 5.31. The summed E-state index contributed by atoms with van der Waals surface area (Å²) < 4.78 is 31.8. The summed E-state index contributed by atoms with van der Waals surface area (Å²) in [5.41, 5.74) is 5.28. The topological polar surface area (TPSA) is 118 Å². The van der Waals surface area contributed by atoms with E-state index in [4.69, 9.17) is 4.74 Å². The van der Waals surface area contributed by atoms with Gasteiger partial charge in [-0.2, -0.15) is 0 Å². The molecule has 0 radical (unpaired) electrons. The van der Waals surface area contributed by atoms with Crippen molar-refractivity contribution in [3.8, 4) is 16.9 Å². The van der Waals surface area contributed by atoms with E-state index in [9.17, 15) is 18.4 Å². The fraction of sp³-hybridized carbons (Fsp3) is 0.111. The number of hydroxylamine groups is 1. The first-order valence-corrected chi connectivity index (χ1v) is 12.5. The van der Waals surface area contributed by atoms with Gasteiger partial charge >= 0.3 is 0 Å². The van der Waals surface area contributed by atoms with Crippen LogP contribution in [0.3, 0.4) is 0 Å². The normalized spacial score (nSPS) is 11.1. The molecule has 0 fully saturated rings. The largest absolute Gasteiger partial charge is 0.497 e. The predicted molar refractivity (Wildman–Crippen MR) is 136 cm³/mol. The average molecular weight is 504 g/mol. The number of ether oxygens (including phenoxy) is 1. The smallest absolute Gasteiger partial charge is 0.276 e. The molecule has 3 N–H and O–H groups in total. The maximum Gasteiger partial charge on any atom is 0.276 e. The van der Waals surface area contributed by atoms with Gasteiger partial charge < -0.3 is 10.1 Å². The van der Waals surface area contributed by atoms with Gasteiger partial charge in [0.05, 0.1) is 23.3 Å². The Morgan fingerprint density at radius 3 is 2.36 bits per heavy atom. The van der Waals surface area contributed by atoms with Crippen molar-refractivity contribution in [1.82, 2.24) is 10.5 Å². The van der Waals surface area contributed by atoms with Crippen molar-refractivity contribution in [3.05, 3.63) is 102 Å². The second kappa shape index (κ2) is 10.6. The van der Waals surface area contributed by atoms with Crippen LogP contribution >= 0.6 is 0 Å². The van der Waals surface area contributed by atoms with Crippen LogP contribution in [0.25, 0.3) is 11.1 Å². The van der Waals surface area contributed by atoms with E-state index in [0.717, 1.165) is 16.7 Å². The number of amides is 1. The number of hydrogen-bond acceptors (Lipinski definition) is 7. The van der Waals surface area contributed by atoms with Crippen molar-refractivity contribution in [2.24, 2.45) is 0 Å². The Morgan fingerprint density at radius 1 is 0.972 bits per heavy atom. The first-order chi connectivity index (χ1) is 17.3. The third-order valence-electron chi connectivity index (χ3n) is 5.72. The molecule has 1 heterocycles. The number of nitrogens with one attached hydrogen (secondary N) is 2. The van der Waals surface area contributed by atoms with Gasteiger partial charge in [-0.3, -0.25) is 10.0 Å². The molecular weight excluding hydrogens is 478 g/mol. The zero-order valence-electron chi connectivity index (χ0n) is 19.7. The monoisotopic (exact) mass is 503 g/mol. The lowest BCUT2D eigenvalue weighted by atomic mass is 9.97. The number of aromatic nitrogens is 1. The van der Waals surface area contributed by atoms with Gasteiger partial charge in [-0.05, 0) is 66.1 Å². The van der Waals surface area contributed by atoms with Crippen molar-refractivity contribution in [2.75, 3.05) is 12.4 Å². The van der Waals surface area contributed by atoms with Gasteiger partial charge in [-0.15, -0.1) is 0 Å².